The number of nitrogens with zero attached hydrogens (tertiary/aromatic N) is 3. The van der Waals surface area contributed by atoms with E-state index in [1.54, 1.807) is 6.92 Å². The van der Waals surface area contributed by atoms with Gasteiger partial charge in [0.25, 0.3) is 0 Å². The number of aromatic nitrogens is 1. The SMILES string of the molecule is CC1(O)CCN(c2nc(C(F)(F)F)ccc2/C(N)=N/O)C1. The van der Waals surface area contributed by atoms with E-state index in [2.05, 4.69) is 10.1 Å². The Morgan fingerprint density at radius 3 is 2.62 bits per heavy atom. The van der Waals surface area contributed by atoms with Gasteiger partial charge in [-0.05, 0) is 25.5 Å². The molecule has 116 valence electrons. The van der Waals surface area contributed by atoms with E-state index < -0.39 is 17.5 Å². The van der Waals surface area contributed by atoms with Gasteiger partial charge in [-0.3, -0.25) is 0 Å². The van der Waals surface area contributed by atoms with E-state index in [1.807, 2.05) is 0 Å². The minimum absolute atomic E-state index is 0.0575. The van der Waals surface area contributed by atoms with Crippen LogP contribution in [0.25, 0.3) is 0 Å². The van der Waals surface area contributed by atoms with Gasteiger partial charge in [0.05, 0.1) is 11.2 Å². The van der Waals surface area contributed by atoms with Crippen LogP contribution in [0.5, 0.6) is 0 Å². The first-order valence-corrected chi connectivity index (χ1v) is 6.17. The molecule has 6 nitrogen and oxygen atoms in total. The summed E-state index contributed by atoms with van der Waals surface area (Å²) in [5.74, 6) is -0.393. The number of hydrogen-bond donors (Lipinski definition) is 3. The summed E-state index contributed by atoms with van der Waals surface area (Å²) in [6.07, 6.45) is -4.21. The van der Waals surface area contributed by atoms with Crippen molar-refractivity contribution in [1.82, 2.24) is 4.98 Å². The Morgan fingerprint density at radius 2 is 2.14 bits per heavy atom. The fourth-order valence-corrected chi connectivity index (χ4v) is 2.23. The zero-order valence-corrected chi connectivity index (χ0v) is 11.2. The van der Waals surface area contributed by atoms with Gasteiger partial charge in [-0.1, -0.05) is 5.16 Å². The van der Waals surface area contributed by atoms with Crippen molar-refractivity contribution in [2.75, 3.05) is 18.0 Å². The first kappa shape index (κ1) is 15.4. The second-order valence-corrected chi connectivity index (χ2v) is 5.22. The molecular weight excluding hydrogens is 289 g/mol. The third-order valence-electron chi connectivity index (χ3n) is 3.30. The normalized spacial score (nSPS) is 23.7. The highest BCUT2D eigenvalue weighted by Crippen LogP contribution is 2.33. The molecule has 9 heteroatoms. The number of hydrogen-bond acceptors (Lipinski definition) is 5. The van der Waals surface area contributed by atoms with Crippen molar-refractivity contribution < 1.29 is 23.5 Å². The summed E-state index contributed by atoms with van der Waals surface area (Å²) in [6.45, 7) is 2.03. The van der Waals surface area contributed by atoms with E-state index in [-0.39, 0.29) is 23.8 Å². The average molecular weight is 304 g/mol. The molecule has 0 radical (unpaired) electrons. The lowest BCUT2D eigenvalue weighted by Crippen LogP contribution is -2.32. The lowest BCUT2D eigenvalue weighted by Gasteiger charge is -2.23. The molecular formula is C12H15F3N4O2. The molecule has 0 amide bonds. The van der Waals surface area contributed by atoms with Gasteiger partial charge in [-0.15, -0.1) is 0 Å². The Balaban J connectivity index is 2.49. The number of amidine groups is 1. The van der Waals surface area contributed by atoms with Crippen LogP contribution in [-0.2, 0) is 6.18 Å². The largest absolute Gasteiger partial charge is 0.433 e. The molecule has 1 fully saturated rings. The second kappa shape index (κ2) is 5.06. The maximum absolute atomic E-state index is 12.8. The number of oxime groups is 1. The molecule has 2 rings (SSSR count). The number of rotatable bonds is 2. The molecule has 0 aromatic carbocycles. The lowest BCUT2D eigenvalue weighted by atomic mass is 10.1. The summed E-state index contributed by atoms with van der Waals surface area (Å²) in [6, 6.07) is 1.87. The van der Waals surface area contributed by atoms with E-state index in [0.717, 1.165) is 12.1 Å². The fourth-order valence-electron chi connectivity index (χ4n) is 2.23. The van der Waals surface area contributed by atoms with Gasteiger partial charge >= 0.3 is 6.18 Å². The predicted molar refractivity (Wildman–Crippen MR) is 69.2 cm³/mol. The Bertz CT molecular complexity index is 572. The summed E-state index contributed by atoms with van der Waals surface area (Å²) in [7, 11) is 0. The molecule has 1 aliphatic rings. The molecule has 4 N–H and O–H groups in total. The number of alkyl halides is 3. The van der Waals surface area contributed by atoms with Crippen LogP contribution in [0.2, 0.25) is 0 Å². The van der Waals surface area contributed by atoms with Crippen LogP contribution in [0, 0.1) is 0 Å². The molecule has 1 unspecified atom stereocenters. The Morgan fingerprint density at radius 1 is 1.48 bits per heavy atom. The van der Waals surface area contributed by atoms with Crippen molar-refractivity contribution in [2.24, 2.45) is 10.9 Å². The van der Waals surface area contributed by atoms with Crippen LogP contribution in [0.3, 0.4) is 0 Å². The van der Waals surface area contributed by atoms with E-state index in [4.69, 9.17) is 10.9 Å². The topological polar surface area (TPSA) is 95.0 Å². The molecule has 1 aromatic heterocycles. The summed E-state index contributed by atoms with van der Waals surface area (Å²) < 4.78 is 38.3. The van der Waals surface area contributed by atoms with Crippen LogP contribution in [-0.4, -0.2) is 39.8 Å². The van der Waals surface area contributed by atoms with Gasteiger partial charge in [-0.25, -0.2) is 4.98 Å². The highest BCUT2D eigenvalue weighted by molar-refractivity contribution is 6.01. The van der Waals surface area contributed by atoms with Gasteiger partial charge in [0, 0.05) is 13.1 Å². The number of halogens is 3. The summed E-state index contributed by atoms with van der Waals surface area (Å²) in [5.41, 5.74) is 3.48. The standard InChI is InChI=1S/C12H15F3N4O2/c1-11(20)4-5-19(6-11)10-7(9(16)18-21)2-3-8(17-10)12(13,14)15/h2-3,20-21H,4-6H2,1H3,(H2,16,18). The Labute approximate surface area is 118 Å². The second-order valence-electron chi connectivity index (χ2n) is 5.22. The minimum Gasteiger partial charge on any atom is -0.409 e. The minimum atomic E-state index is -4.60. The summed E-state index contributed by atoms with van der Waals surface area (Å²) >= 11 is 0. The van der Waals surface area contributed by atoms with Crippen LogP contribution < -0.4 is 10.6 Å². The van der Waals surface area contributed by atoms with Gasteiger partial charge in [0.2, 0.25) is 0 Å². The van der Waals surface area contributed by atoms with Crippen LogP contribution in [0.15, 0.2) is 17.3 Å². The van der Waals surface area contributed by atoms with Crippen molar-refractivity contribution in [3.8, 4) is 0 Å². The maximum atomic E-state index is 12.8. The van der Waals surface area contributed by atoms with Crippen LogP contribution >= 0.6 is 0 Å². The van der Waals surface area contributed by atoms with Crippen molar-refractivity contribution in [3.63, 3.8) is 0 Å². The van der Waals surface area contributed by atoms with Crippen molar-refractivity contribution in [2.45, 2.75) is 25.1 Å². The molecule has 21 heavy (non-hydrogen) atoms. The third-order valence-corrected chi connectivity index (χ3v) is 3.30. The Kier molecular flexibility index (Phi) is 3.70. The van der Waals surface area contributed by atoms with Gasteiger partial charge in [0.15, 0.2) is 5.84 Å². The number of pyridine rings is 1. The molecule has 1 aliphatic heterocycles. The molecule has 1 atom stereocenters. The number of aliphatic hydroxyl groups is 1. The molecule has 0 spiro atoms. The predicted octanol–water partition coefficient (Wildman–Crippen LogP) is 1.16. The average Bonchev–Trinajstić information content (AvgIpc) is 2.76. The zero-order chi connectivity index (χ0) is 15.8. The maximum Gasteiger partial charge on any atom is 0.433 e. The molecule has 1 aromatic rings. The van der Waals surface area contributed by atoms with E-state index in [0.29, 0.717) is 13.0 Å². The van der Waals surface area contributed by atoms with Crippen LogP contribution in [0.4, 0.5) is 19.0 Å². The smallest absolute Gasteiger partial charge is 0.409 e. The van der Waals surface area contributed by atoms with Gasteiger partial charge < -0.3 is 20.9 Å². The lowest BCUT2D eigenvalue weighted by molar-refractivity contribution is -0.141. The van der Waals surface area contributed by atoms with Crippen molar-refractivity contribution >= 4 is 11.7 Å². The van der Waals surface area contributed by atoms with Crippen LogP contribution in [0.1, 0.15) is 24.6 Å². The van der Waals surface area contributed by atoms with Crippen molar-refractivity contribution in [3.05, 3.63) is 23.4 Å². The van der Waals surface area contributed by atoms with Gasteiger partial charge in [-0.2, -0.15) is 13.2 Å². The first-order valence-electron chi connectivity index (χ1n) is 6.17. The number of nitrogens with two attached hydrogens (primary N) is 1. The summed E-state index contributed by atoms with van der Waals surface area (Å²) in [5, 5.41) is 21.5. The van der Waals surface area contributed by atoms with E-state index in [1.165, 1.54) is 4.90 Å². The molecule has 2 heterocycles. The first-order chi connectivity index (χ1) is 9.64. The van der Waals surface area contributed by atoms with E-state index in [9.17, 15) is 18.3 Å². The molecule has 0 saturated carbocycles. The quantitative estimate of drug-likeness (QED) is 0.330. The molecule has 0 bridgehead atoms. The van der Waals surface area contributed by atoms with E-state index >= 15 is 0 Å². The zero-order valence-electron chi connectivity index (χ0n) is 11.2. The molecule has 0 aliphatic carbocycles. The number of β-amino-alcohol motifs (C(OH)–C–C–N with tert-alkyl or cyclic N) is 1. The summed E-state index contributed by atoms with van der Waals surface area (Å²) in [4.78, 5) is 5.07. The third kappa shape index (κ3) is 3.18. The molecule has 1 saturated heterocycles. The number of anilines is 1. The fraction of sp³-hybridized carbons (Fsp3) is 0.500. The monoisotopic (exact) mass is 304 g/mol. The Hall–Kier alpha value is -2.03. The van der Waals surface area contributed by atoms with Gasteiger partial charge in [0.1, 0.15) is 11.5 Å². The highest BCUT2D eigenvalue weighted by Gasteiger charge is 2.37. The van der Waals surface area contributed by atoms with Crippen molar-refractivity contribution in [1.29, 1.82) is 0 Å². The highest BCUT2D eigenvalue weighted by atomic mass is 19.4.